The summed E-state index contributed by atoms with van der Waals surface area (Å²) in [5.41, 5.74) is 12.3. The Kier molecular flexibility index (Phi) is 4.54. The van der Waals surface area contributed by atoms with Crippen molar-refractivity contribution in [1.82, 2.24) is 4.98 Å². The van der Waals surface area contributed by atoms with Crippen LogP contribution in [0.4, 0.5) is 23.1 Å². The Labute approximate surface area is 168 Å². The van der Waals surface area contributed by atoms with Crippen LogP contribution in [0.15, 0.2) is 71.1 Å². The first-order chi connectivity index (χ1) is 14.3. The van der Waals surface area contributed by atoms with Gasteiger partial charge in [0.25, 0.3) is 6.01 Å². The highest BCUT2D eigenvalue weighted by Crippen LogP contribution is 2.32. The topological polar surface area (TPSA) is 76.5 Å². The first kappa shape index (κ1) is 17.6. The standard InChI is InChI=1S/C23H22N4O2/c24-17-4-1-3-16(15-17)20-5-2-6-21-22(20)29-23(26-21)25-18-7-9-19(10-8-18)27-11-13-28-14-12-27/h1-10,15H,11-14,24H2,(H,25,26). The summed E-state index contributed by atoms with van der Waals surface area (Å²) in [4.78, 5) is 6.92. The zero-order valence-corrected chi connectivity index (χ0v) is 16.0. The number of ether oxygens (including phenoxy) is 1. The Morgan fingerprint density at radius 1 is 0.931 bits per heavy atom. The zero-order chi connectivity index (χ0) is 19.6. The maximum Gasteiger partial charge on any atom is 0.300 e. The van der Waals surface area contributed by atoms with Gasteiger partial charge in [-0.1, -0.05) is 24.3 Å². The molecule has 1 aromatic heterocycles. The number of hydrogen-bond acceptors (Lipinski definition) is 6. The van der Waals surface area contributed by atoms with Crippen molar-refractivity contribution in [3.63, 3.8) is 0 Å². The summed E-state index contributed by atoms with van der Waals surface area (Å²) >= 11 is 0. The van der Waals surface area contributed by atoms with Crippen molar-refractivity contribution in [1.29, 1.82) is 0 Å². The van der Waals surface area contributed by atoms with Crippen LogP contribution in [0.1, 0.15) is 0 Å². The minimum Gasteiger partial charge on any atom is -0.423 e. The Bertz CT molecular complexity index is 1130. The molecule has 29 heavy (non-hydrogen) atoms. The number of aromatic nitrogens is 1. The molecule has 0 spiro atoms. The third kappa shape index (κ3) is 3.62. The summed E-state index contributed by atoms with van der Waals surface area (Å²) in [5.74, 6) is 0. The number of fused-ring (bicyclic) bond motifs is 1. The van der Waals surface area contributed by atoms with Crippen LogP contribution >= 0.6 is 0 Å². The Balaban J connectivity index is 1.40. The van der Waals surface area contributed by atoms with E-state index in [0.29, 0.717) is 6.01 Å². The molecule has 6 nitrogen and oxygen atoms in total. The number of nitrogen functional groups attached to an aromatic ring is 1. The van der Waals surface area contributed by atoms with Crippen LogP contribution in [0.5, 0.6) is 0 Å². The molecule has 1 aliphatic rings. The lowest BCUT2D eigenvalue weighted by atomic mass is 10.0. The molecule has 0 bridgehead atoms. The Morgan fingerprint density at radius 3 is 2.52 bits per heavy atom. The summed E-state index contributed by atoms with van der Waals surface area (Å²) < 4.78 is 11.5. The van der Waals surface area contributed by atoms with E-state index in [1.165, 1.54) is 5.69 Å². The van der Waals surface area contributed by atoms with Gasteiger partial charge in [-0.25, -0.2) is 0 Å². The number of hydrogen-bond donors (Lipinski definition) is 2. The first-order valence-electron chi connectivity index (χ1n) is 9.71. The van der Waals surface area contributed by atoms with Crippen LogP contribution in [-0.4, -0.2) is 31.3 Å². The summed E-state index contributed by atoms with van der Waals surface area (Å²) in [6, 6.07) is 22.5. The number of morpholine rings is 1. The van der Waals surface area contributed by atoms with E-state index in [1.54, 1.807) is 0 Å². The molecule has 1 aliphatic heterocycles. The maximum atomic E-state index is 6.05. The highest BCUT2D eigenvalue weighted by atomic mass is 16.5. The number of nitrogens with zero attached hydrogens (tertiary/aromatic N) is 2. The highest BCUT2D eigenvalue weighted by Gasteiger charge is 2.13. The molecule has 1 saturated heterocycles. The number of anilines is 4. The van der Waals surface area contributed by atoms with E-state index in [2.05, 4.69) is 27.3 Å². The van der Waals surface area contributed by atoms with Crippen LogP contribution in [0, 0.1) is 0 Å². The van der Waals surface area contributed by atoms with Gasteiger partial charge in [0.1, 0.15) is 5.52 Å². The molecule has 3 aromatic carbocycles. The fraction of sp³-hybridized carbons (Fsp3) is 0.174. The molecule has 0 saturated carbocycles. The monoisotopic (exact) mass is 386 g/mol. The molecular weight excluding hydrogens is 364 g/mol. The molecule has 6 heteroatoms. The maximum absolute atomic E-state index is 6.05. The minimum absolute atomic E-state index is 0.468. The quantitative estimate of drug-likeness (QED) is 0.497. The number of benzene rings is 3. The van der Waals surface area contributed by atoms with Crippen LogP contribution in [0.3, 0.4) is 0 Å². The third-order valence-electron chi connectivity index (χ3n) is 5.11. The largest absolute Gasteiger partial charge is 0.423 e. The first-order valence-corrected chi connectivity index (χ1v) is 9.71. The van der Waals surface area contributed by atoms with Gasteiger partial charge in [-0.2, -0.15) is 4.98 Å². The lowest BCUT2D eigenvalue weighted by Gasteiger charge is -2.28. The molecule has 0 aliphatic carbocycles. The van der Waals surface area contributed by atoms with Crippen LogP contribution in [0.25, 0.3) is 22.2 Å². The number of nitrogens with one attached hydrogen (secondary N) is 1. The van der Waals surface area contributed by atoms with Crippen LogP contribution in [0.2, 0.25) is 0 Å². The van der Waals surface area contributed by atoms with Crippen molar-refractivity contribution < 1.29 is 9.15 Å². The molecule has 1 fully saturated rings. The Hall–Kier alpha value is -3.51. The summed E-state index contributed by atoms with van der Waals surface area (Å²) in [6.07, 6.45) is 0. The number of para-hydroxylation sites is 1. The molecule has 5 rings (SSSR count). The molecule has 146 valence electrons. The molecule has 0 radical (unpaired) electrons. The van der Waals surface area contributed by atoms with E-state index in [0.717, 1.165) is 59.9 Å². The van der Waals surface area contributed by atoms with Gasteiger partial charge < -0.3 is 25.1 Å². The van der Waals surface area contributed by atoms with Gasteiger partial charge in [-0.15, -0.1) is 0 Å². The third-order valence-corrected chi connectivity index (χ3v) is 5.11. The van der Waals surface area contributed by atoms with Gasteiger partial charge in [0, 0.05) is 35.7 Å². The molecule has 2 heterocycles. The van der Waals surface area contributed by atoms with E-state index >= 15 is 0 Å². The predicted octanol–water partition coefficient (Wildman–Crippen LogP) is 4.66. The van der Waals surface area contributed by atoms with E-state index in [-0.39, 0.29) is 0 Å². The number of rotatable bonds is 4. The molecule has 0 amide bonds. The lowest BCUT2D eigenvalue weighted by Crippen LogP contribution is -2.36. The summed E-state index contributed by atoms with van der Waals surface area (Å²) in [6.45, 7) is 3.39. The van der Waals surface area contributed by atoms with Gasteiger partial charge in [-0.3, -0.25) is 0 Å². The normalized spacial score (nSPS) is 14.3. The fourth-order valence-corrected chi connectivity index (χ4v) is 3.64. The smallest absolute Gasteiger partial charge is 0.300 e. The van der Waals surface area contributed by atoms with Crippen molar-refractivity contribution in [2.75, 3.05) is 42.3 Å². The van der Waals surface area contributed by atoms with Crippen LogP contribution < -0.4 is 16.0 Å². The van der Waals surface area contributed by atoms with Crippen molar-refractivity contribution >= 4 is 34.2 Å². The zero-order valence-electron chi connectivity index (χ0n) is 16.0. The fourth-order valence-electron chi connectivity index (χ4n) is 3.64. The molecule has 4 aromatic rings. The lowest BCUT2D eigenvalue weighted by molar-refractivity contribution is 0.122. The van der Waals surface area contributed by atoms with Gasteiger partial charge in [0.2, 0.25) is 0 Å². The van der Waals surface area contributed by atoms with E-state index in [1.807, 2.05) is 54.6 Å². The van der Waals surface area contributed by atoms with Gasteiger partial charge in [0.05, 0.1) is 13.2 Å². The SMILES string of the molecule is Nc1cccc(-c2cccc3nc(Nc4ccc(N5CCOCC5)cc4)oc23)c1. The van der Waals surface area contributed by atoms with Crippen LogP contribution in [-0.2, 0) is 4.74 Å². The van der Waals surface area contributed by atoms with E-state index in [4.69, 9.17) is 14.9 Å². The number of oxazole rings is 1. The molecular formula is C23H22N4O2. The van der Waals surface area contributed by atoms with Gasteiger partial charge >= 0.3 is 0 Å². The second-order valence-corrected chi connectivity index (χ2v) is 7.07. The second kappa shape index (κ2) is 7.48. The summed E-state index contributed by atoms with van der Waals surface area (Å²) in [5, 5.41) is 3.27. The highest BCUT2D eigenvalue weighted by molar-refractivity contribution is 5.91. The average Bonchev–Trinajstić information content (AvgIpc) is 3.17. The second-order valence-electron chi connectivity index (χ2n) is 7.07. The van der Waals surface area contributed by atoms with Gasteiger partial charge in [0.15, 0.2) is 5.58 Å². The van der Waals surface area contributed by atoms with Crippen molar-refractivity contribution in [2.45, 2.75) is 0 Å². The van der Waals surface area contributed by atoms with E-state index < -0.39 is 0 Å². The van der Waals surface area contributed by atoms with Crippen molar-refractivity contribution in [3.8, 4) is 11.1 Å². The van der Waals surface area contributed by atoms with Crippen molar-refractivity contribution in [3.05, 3.63) is 66.7 Å². The minimum atomic E-state index is 0.468. The predicted molar refractivity (Wildman–Crippen MR) is 117 cm³/mol. The van der Waals surface area contributed by atoms with E-state index in [9.17, 15) is 0 Å². The molecule has 3 N–H and O–H groups in total. The van der Waals surface area contributed by atoms with Crippen molar-refractivity contribution in [2.24, 2.45) is 0 Å². The molecule has 0 unspecified atom stereocenters. The average molecular weight is 386 g/mol. The molecule has 0 atom stereocenters. The Morgan fingerprint density at radius 2 is 1.72 bits per heavy atom. The number of nitrogens with two attached hydrogens (primary N) is 1. The van der Waals surface area contributed by atoms with Gasteiger partial charge in [-0.05, 0) is 48.0 Å². The summed E-state index contributed by atoms with van der Waals surface area (Å²) in [7, 11) is 0.